The first-order valence-corrected chi connectivity index (χ1v) is 6.30. The first-order chi connectivity index (χ1) is 8.08. The van der Waals surface area contributed by atoms with Crippen LogP contribution in [0.2, 0.25) is 5.02 Å². The highest BCUT2D eigenvalue weighted by Crippen LogP contribution is 2.27. The van der Waals surface area contributed by atoms with E-state index in [2.05, 4.69) is 4.98 Å². The molecule has 2 aromatic rings. The number of thiazole rings is 1. The summed E-state index contributed by atoms with van der Waals surface area (Å²) in [5, 5.41) is 11.0. The number of nitrogens with zero attached hydrogens (tertiary/aromatic N) is 1. The van der Waals surface area contributed by atoms with E-state index in [0.717, 1.165) is 9.88 Å². The molecule has 0 spiro atoms. The van der Waals surface area contributed by atoms with Crippen LogP contribution in [0.1, 0.15) is 21.6 Å². The molecule has 1 aromatic heterocycles. The monoisotopic (exact) mass is 271 g/mol. The predicted octanol–water partition coefficient (Wildman–Crippen LogP) is 3.52. The summed E-state index contributed by atoms with van der Waals surface area (Å²) < 4.78 is 13.2. The quantitative estimate of drug-likeness (QED) is 0.927. The van der Waals surface area contributed by atoms with E-state index in [1.54, 1.807) is 18.3 Å². The van der Waals surface area contributed by atoms with Crippen LogP contribution in [0, 0.1) is 12.7 Å². The number of aromatic nitrogens is 1. The third-order valence-electron chi connectivity index (χ3n) is 2.41. The topological polar surface area (TPSA) is 33.1 Å². The summed E-state index contributed by atoms with van der Waals surface area (Å²) in [6.45, 7) is 1.87. The average molecular weight is 272 g/mol. The summed E-state index contributed by atoms with van der Waals surface area (Å²) in [7, 11) is 0. The summed E-state index contributed by atoms with van der Waals surface area (Å²) in [6, 6.07) is 4.60. The zero-order valence-corrected chi connectivity index (χ0v) is 10.7. The molecule has 0 aliphatic carbocycles. The normalized spacial score (nSPS) is 12.7. The molecular formula is C12H11ClFNOS. The maximum Gasteiger partial charge on any atom is 0.142 e. The van der Waals surface area contributed by atoms with E-state index in [1.165, 1.54) is 17.4 Å². The first kappa shape index (κ1) is 12.5. The van der Waals surface area contributed by atoms with Crippen molar-refractivity contribution in [1.29, 1.82) is 0 Å². The van der Waals surface area contributed by atoms with Gasteiger partial charge in [-0.05, 0) is 18.6 Å². The van der Waals surface area contributed by atoms with E-state index in [-0.39, 0.29) is 11.4 Å². The number of benzene rings is 1. The fourth-order valence-corrected chi connectivity index (χ4v) is 2.52. The molecule has 5 heteroatoms. The van der Waals surface area contributed by atoms with Gasteiger partial charge in [0.15, 0.2) is 0 Å². The van der Waals surface area contributed by atoms with Gasteiger partial charge in [-0.25, -0.2) is 9.37 Å². The fourth-order valence-electron chi connectivity index (χ4n) is 1.55. The maximum absolute atomic E-state index is 13.2. The van der Waals surface area contributed by atoms with Crippen molar-refractivity contribution in [2.45, 2.75) is 19.4 Å². The van der Waals surface area contributed by atoms with Crippen LogP contribution < -0.4 is 0 Å². The van der Waals surface area contributed by atoms with Crippen LogP contribution in [0.3, 0.4) is 0 Å². The zero-order valence-electron chi connectivity index (χ0n) is 9.15. The molecule has 0 radical (unpaired) electrons. The van der Waals surface area contributed by atoms with Crippen molar-refractivity contribution in [2.24, 2.45) is 0 Å². The largest absolute Gasteiger partial charge is 0.387 e. The van der Waals surface area contributed by atoms with Crippen molar-refractivity contribution in [3.63, 3.8) is 0 Å². The lowest BCUT2D eigenvalue weighted by Gasteiger charge is -2.09. The molecule has 1 heterocycles. The van der Waals surface area contributed by atoms with Gasteiger partial charge in [-0.1, -0.05) is 23.7 Å². The lowest BCUT2D eigenvalue weighted by atomic mass is 10.1. The lowest BCUT2D eigenvalue weighted by Crippen LogP contribution is -2.01. The third kappa shape index (κ3) is 2.83. The molecule has 1 N–H and O–H groups in total. The Morgan fingerprint density at radius 2 is 2.29 bits per heavy atom. The van der Waals surface area contributed by atoms with E-state index in [0.29, 0.717) is 5.56 Å². The zero-order chi connectivity index (χ0) is 12.4. The number of hydrogen-bond donors (Lipinski definition) is 1. The summed E-state index contributed by atoms with van der Waals surface area (Å²) >= 11 is 7.26. The Balaban J connectivity index is 2.18. The second-order valence-electron chi connectivity index (χ2n) is 3.71. The van der Waals surface area contributed by atoms with Crippen molar-refractivity contribution in [3.8, 4) is 0 Å². The molecule has 0 saturated heterocycles. The molecule has 0 bridgehead atoms. The van der Waals surface area contributed by atoms with Gasteiger partial charge in [0.25, 0.3) is 0 Å². The van der Waals surface area contributed by atoms with E-state index >= 15 is 0 Å². The van der Waals surface area contributed by atoms with Gasteiger partial charge < -0.3 is 5.11 Å². The van der Waals surface area contributed by atoms with Gasteiger partial charge in [-0.2, -0.15) is 0 Å². The van der Waals surface area contributed by atoms with E-state index in [4.69, 9.17) is 11.6 Å². The molecule has 0 fully saturated rings. The Kier molecular flexibility index (Phi) is 3.76. The number of aliphatic hydroxyl groups excluding tert-OH is 1. The maximum atomic E-state index is 13.2. The van der Waals surface area contributed by atoms with Gasteiger partial charge in [-0.3, -0.25) is 0 Å². The van der Waals surface area contributed by atoms with Crippen LogP contribution in [0.15, 0.2) is 24.4 Å². The Hall–Kier alpha value is -0.970. The van der Waals surface area contributed by atoms with Crippen LogP contribution in [-0.2, 0) is 6.42 Å². The van der Waals surface area contributed by atoms with Crippen LogP contribution in [0.4, 0.5) is 4.39 Å². The van der Waals surface area contributed by atoms with Crippen molar-refractivity contribution in [2.75, 3.05) is 0 Å². The number of hydrogen-bond acceptors (Lipinski definition) is 3. The first-order valence-electron chi connectivity index (χ1n) is 5.11. The Bertz CT molecular complexity index is 529. The molecule has 0 aliphatic rings. The molecule has 1 aromatic carbocycles. The molecule has 1 unspecified atom stereocenters. The highest BCUT2D eigenvalue weighted by atomic mass is 35.5. The Morgan fingerprint density at radius 1 is 1.53 bits per heavy atom. The van der Waals surface area contributed by atoms with Gasteiger partial charge in [-0.15, -0.1) is 11.3 Å². The van der Waals surface area contributed by atoms with E-state index in [1.807, 2.05) is 6.92 Å². The van der Waals surface area contributed by atoms with E-state index in [9.17, 15) is 9.50 Å². The number of aryl methyl sites for hydroxylation is 1. The van der Waals surface area contributed by atoms with Crippen molar-refractivity contribution >= 4 is 22.9 Å². The average Bonchev–Trinajstić information content (AvgIpc) is 2.72. The second kappa shape index (κ2) is 5.12. The molecule has 1 atom stereocenters. The summed E-state index contributed by atoms with van der Waals surface area (Å²) in [4.78, 5) is 4.84. The second-order valence-corrected chi connectivity index (χ2v) is 5.36. The molecule has 0 saturated carbocycles. The standard InChI is InChI=1S/C12H11ClFNOS/c1-7-15-6-11(17-7)10(16)5-8-3-2-4-9(14)12(8)13/h2-4,6,10,16H,5H2,1H3. The van der Waals surface area contributed by atoms with Gasteiger partial charge >= 0.3 is 0 Å². The highest BCUT2D eigenvalue weighted by Gasteiger charge is 2.14. The van der Waals surface area contributed by atoms with Gasteiger partial charge in [0.05, 0.1) is 21.0 Å². The molecule has 2 nitrogen and oxygen atoms in total. The van der Waals surface area contributed by atoms with Crippen LogP contribution in [-0.4, -0.2) is 10.1 Å². The van der Waals surface area contributed by atoms with Crippen LogP contribution >= 0.6 is 22.9 Å². The fraction of sp³-hybridized carbons (Fsp3) is 0.250. The lowest BCUT2D eigenvalue weighted by molar-refractivity contribution is 0.182. The minimum absolute atomic E-state index is 0.0767. The predicted molar refractivity (Wildman–Crippen MR) is 66.9 cm³/mol. The third-order valence-corrected chi connectivity index (χ3v) is 3.85. The molecule has 0 aliphatic heterocycles. The summed E-state index contributed by atoms with van der Waals surface area (Å²) in [5.74, 6) is -0.461. The Labute approximate surface area is 108 Å². The van der Waals surface area contributed by atoms with Crippen molar-refractivity contribution in [3.05, 3.63) is 50.7 Å². The van der Waals surface area contributed by atoms with Crippen molar-refractivity contribution < 1.29 is 9.50 Å². The number of halogens is 2. The number of aliphatic hydroxyl groups is 1. The molecular weight excluding hydrogens is 261 g/mol. The molecule has 17 heavy (non-hydrogen) atoms. The van der Waals surface area contributed by atoms with E-state index < -0.39 is 11.9 Å². The Morgan fingerprint density at radius 3 is 2.94 bits per heavy atom. The van der Waals surface area contributed by atoms with Crippen molar-refractivity contribution in [1.82, 2.24) is 4.98 Å². The number of rotatable bonds is 3. The van der Waals surface area contributed by atoms with Crippen LogP contribution in [0.25, 0.3) is 0 Å². The molecule has 90 valence electrons. The minimum atomic E-state index is -0.694. The van der Waals surface area contributed by atoms with Gasteiger partial charge in [0, 0.05) is 12.6 Å². The SMILES string of the molecule is Cc1ncc(C(O)Cc2cccc(F)c2Cl)s1. The van der Waals surface area contributed by atoms with Gasteiger partial charge in [0.2, 0.25) is 0 Å². The summed E-state index contributed by atoms with van der Waals surface area (Å²) in [6.07, 6.45) is 1.23. The summed E-state index contributed by atoms with van der Waals surface area (Å²) in [5.41, 5.74) is 0.602. The van der Waals surface area contributed by atoms with Crippen LogP contribution in [0.5, 0.6) is 0 Å². The molecule has 2 rings (SSSR count). The van der Waals surface area contributed by atoms with Gasteiger partial charge in [0.1, 0.15) is 5.82 Å². The highest BCUT2D eigenvalue weighted by molar-refractivity contribution is 7.11. The minimum Gasteiger partial charge on any atom is -0.387 e. The molecule has 0 amide bonds. The smallest absolute Gasteiger partial charge is 0.142 e.